The van der Waals surface area contributed by atoms with E-state index < -0.39 is 12.0 Å². The molecule has 0 fully saturated rings. The molecule has 2 N–H and O–H groups in total. The molecule has 1 rings (SSSR count). The second kappa shape index (κ2) is 6.21. The van der Waals surface area contributed by atoms with E-state index in [1.54, 1.807) is 0 Å². The zero-order valence-corrected chi connectivity index (χ0v) is 8.57. The summed E-state index contributed by atoms with van der Waals surface area (Å²) in [5.41, 5.74) is 0.231. The Morgan fingerprint density at radius 3 is 2.88 bits per heavy atom. The average molecular weight is 225 g/mol. The molecule has 0 amide bonds. The van der Waals surface area contributed by atoms with Crippen LogP contribution >= 0.6 is 0 Å². The number of benzene rings is 1. The second-order valence-electron chi connectivity index (χ2n) is 3.15. The lowest BCUT2D eigenvalue weighted by Crippen LogP contribution is -2.34. The molecule has 0 spiro atoms. The third-order valence-electron chi connectivity index (χ3n) is 1.94. The van der Waals surface area contributed by atoms with Gasteiger partial charge in [0.25, 0.3) is 5.69 Å². The van der Waals surface area contributed by atoms with Gasteiger partial charge >= 0.3 is 7.12 Å². The highest BCUT2D eigenvalue weighted by Gasteiger charge is 2.18. The first-order valence-corrected chi connectivity index (χ1v) is 4.80. The van der Waals surface area contributed by atoms with Crippen LogP contribution in [-0.2, 0) is 4.65 Å². The average Bonchev–Trinajstić information content (AvgIpc) is 2.29. The molecule has 0 atom stereocenters. The maximum Gasteiger partial charge on any atom is 0.491 e. The molecular formula is C9H12BNO5. The summed E-state index contributed by atoms with van der Waals surface area (Å²) >= 11 is 0. The minimum absolute atomic E-state index is 0.0261. The van der Waals surface area contributed by atoms with Gasteiger partial charge in [0, 0.05) is 25.3 Å². The van der Waals surface area contributed by atoms with Crippen molar-refractivity contribution in [2.24, 2.45) is 0 Å². The molecule has 0 aliphatic heterocycles. The van der Waals surface area contributed by atoms with Gasteiger partial charge in [0.05, 0.1) is 4.92 Å². The van der Waals surface area contributed by atoms with Gasteiger partial charge in [0.15, 0.2) is 0 Å². The summed E-state index contributed by atoms with van der Waals surface area (Å²) in [7, 11) is -1.20. The van der Waals surface area contributed by atoms with Crippen LogP contribution < -0.4 is 5.46 Å². The van der Waals surface area contributed by atoms with Gasteiger partial charge in [-0.05, 0) is 11.9 Å². The van der Waals surface area contributed by atoms with Crippen LogP contribution in [-0.4, -0.2) is 35.4 Å². The first kappa shape index (κ1) is 12.6. The van der Waals surface area contributed by atoms with Crippen molar-refractivity contribution in [2.75, 3.05) is 13.2 Å². The van der Waals surface area contributed by atoms with Crippen LogP contribution in [0.3, 0.4) is 0 Å². The fourth-order valence-corrected chi connectivity index (χ4v) is 1.15. The highest BCUT2D eigenvalue weighted by molar-refractivity contribution is 6.60. The molecule has 0 radical (unpaired) electrons. The van der Waals surface area contributed by atoms with Crippen LogP contribution in [0.4, 0.5) is 5.69 Å². The monoisotopic (exact) mass is 225 g/mol. The van der Waals surface area contributed by atoms with Crippen molar-refractivity contribution in [2.45, 2.75) is 6.42 Å². The second-order valence-corrected chi connectivity index (χ2v) is 3.15. The third-order valence-corrected chi connectivity index (χ3v) is 1.94. The molecule has 6 nitrogen and oxygen atoms in total. The first-order valence-electron chi connectivity index (χ1n) is 4.80. The van der Waals surface area contributed by atoms with E-state index in [1.165, 1.54) is 24.3 Å². The molecule has 0 aliphatic rings. The maximum absolute atomic E-state index is 10.5. The third kappa shape index (κ3) is 3.61. The van der Waals surface area contributed by atoms with Crippen LogP contribution in [0.5, 0.6) is 0 Å². The standard InChI is InChI=1S/C9H12BNO5/c12-5-2-6-16-10(13)8-3-1-4-9(7-8)11(14)15/h1,3-4,7,12-13H,2,5-6H2. The highest BCUT2D eigenvalue weighted by Crippen LogP contribution is 2.07. The van der Waals surface area contributed by atoms with E-state index in [1.807, 2.05) is 0 Å². The van der Waals surface area contributed by atoms with E-state index in [2.05, 4.69) is 0 Å². The Hall–Kier alpha value is -1.44. The largest absolute Gasteiger partial charge is 0.491 e. The van der Waals surface area contributed by atoms with Crippen molar-refractivity contribution in [3.05, 3.63) is 34.4 Å². The summed E-state index contributed by atoms with van der Waals surface area (Å²) in [6.07, 6.45) is 0.409. The molecule has 16 heavy (non-hydrogen) atoms. The molecule has 1 aromatic carbocycles. The van der Waals surface area contributed by atoms with Crippen molar-refractivity contribution in [3.63, 3.8) is 0 Å². The zero-order valence-electron chi connectivity index (χ0n) is 8.57. The van der Waals surface area contributed by atoms with Gasteiger partial charge in [-0.2, -0.15) is 0 Å². The quantitative estimate of drug-likeness (QED) is 0.299. The van der Waals surface area contributed by atoms with Gasteiger partial charge in [-0.15, -0.1) is 0 Å². The topological polar surface area (TPSA) is 92.8 Å². The number of non-ortho nitro benzene ring substituents is 1. The van der Waals surface area contributed by atoms with Crippen molar-refractivity contribution in [3.8, 4) is 0 Å². The van der Waals surface area contributed by atoms with Gasteiger partial charge in [-0.3, -0.25) is 10.1 Å². The zero-order chi connectivity index (χ0) is 12.0. The first-order chi connectivity index (χ1) is 7.65. The summed E-state index contributed by atoms with van der Waals surface area (Å²) in [4.78, 5) is 9.95. The molecule has 0 aromatic heterocycles. The van der Waals surface area contributed by atoms with Crippen molar-refractivity contribution in [1.82, 2.24) is 0 Å². The fraction of sp³-hybridized carbons (Fsp3) is 0.333. The van der Waals surface area contributed by atoms with E-state index in [9.17, 15) is 15.1 Å². The Morgan fingerprint density at radius 2 is 2.25 bits per heavy atom. The Bertz CT molecular complexity index is 360. The maximum atomic E-state index is 10.5. The number of hydrogen-bond acceptors (Lipinski definition) is 5. The smallest absolute Gasteiger partial charge is 0.423 e. The van der Waals surface area contributed by atoms with E-state index in [4.69, 9.17) is 9.76 Å². The lowest BCUT2D eigenvalue weighted by molar-refractivity contribution is -0.384. The van der Waals surface area contributed by atoms with Gasteiger partial charge in [0.1, 0.15) is 0 Å². The number of nitro benzene ring substituents is 1. The molecule has 1 aromatic rings. The minimum Gasteiger partial charge on any atom is -0.423 e. The van der Waals surface area contributed by atoms with Crippen LogP contribution in [0, 0.1) is 10.1 Å². The normalized spacial score (nSPS) is 10.1. The number of aliphatic hydroxyl groups excluding tert-OH is 1. The summed E-state index contributed by atoms with van der Waals surface area (Å²) in [6.45, 7) is 0.169. The SMILES string of the molecule is O=[N+]([O-])c1cccc(B(O)OCCCO)c1. The molecular weight excluding hydrogens is 213 g/mol. The van der Waals surface area contributed by atoms with E-state index in [0.29, 0.717) is 11.9 Å². The van der Waals surface area contributed by atoms with Crippen LogP contribution in [0.2, 0.25) is 0 Å². The van der Waals surface area contributed by atoms with Gasteiger partial charge in [-0.25, -0.2) is 0 Å². The predicted octanol–water partition coefficient (Wildman–Crippen LogP) is -0.319. The lowest BCUT2D eigenvalue weighted by Gasteiger charge is -2.07. The molecule has 0 aliphatic carbocycles. The van der Waals surface area contributed by atoms with Gasteiger partial charge in [0.2, 0.25) is 0 Å². The van der Waals surface area contributed by atoms with E-state index in [-0.39, 0.29) is 18.9 Å². The Balaban J connectivity index is 2.64. The molecule has 7 heteroatoms. The predicted molar refractivity (Wildman–Crippen MR) is 58.4 cm³/mol. The molecule has 0 bridgehead atoms. The molecule has 86 valence electrons. The number of nitro groups is 1. The van der Waals surface area contributed by atoms with Crippen molar-refractivity contribution < 1.29 is 19.7 Å². The van der Waals surface area contributed by atoms with Gasteiger partial charge < -0.3 is 14.8 Å². The minimum atomic E-state index is -1.20. The van der Waals surface area contributed by atoms with Crippen molar-refractivity contribution in [1.29, 1.82) is 0 Å². The van der Waals surface area contributed by atoms with Crippen LogP contribution in [0.15, 0.2) is 24.3 Å². The number of nitrogens with zero attached hydrogens (tertiary/aromatic N) is 1. The Labute approximate surface area is 92.8 Å². The molecule has 0 saturated carbocycles. The fourth-order valence-electron chi connectivity index (χ4n) is 1.15. The molecule has 0 unspecified atom stereocenters. The Morgan fingerprint density at radius 1 is 1.50 bits per heavy atom. The van der Waals surface area contributed by atoms with E-state index in [0.717, 1.165) is 0 Å². The van der Waals surface area contributed by atoms with Crippen LogP contribution in [0.25, 0.3) is 0 Å². The Kier molecular flexibility index (Phi) is 4.91. The lowest BCUT2D eigenvalue weighted by atomic mass is 9.79. The van der Waals surface area contributed by atoms with Gasteiger partial charge in [-0.1, -0.05) is 12.1 Å². The summed E-state index contributed by atoms with van der Waals surface area (Å²) in [5.74, 6) is 0. The summed E-state index contributed by atoms with van der Waals surface area (Å²) in [6, 6.07) is 5.61. The van der Waals surface area contributed by atoms with Crippen molar-refractivity contribution >= 4 is 18.3 Å². The summed E-state index contributed by atoms with van der Waals surface area (Å²) < 4.78 is 4.98. The van der Waals surface area contributed by atoms with E-state index >= 15 is 0 Å². The molecule has 0 saturated heterocycles. The van der Waals surface area contributed by atoms with Crippen LogP contribution in [0.1, 0.15) is 6.42 Å². The molecule has 0 heterocycles. The number of hydrogen-bond donors (Lipinski definition) is 2. The summed E-state index contributed by atoms with van der Waals surface area (Å²) in [5, 5.41) is 28.5. The highest BCUT2D eigenvalue weighted by atomic mass is 16.6. The number of rotatable bonds is 6. The number of aliphatic hydroxyl groups is 1.